The minimum atomic E-state index is -0.210. The van der Waals surface area contributed by atoms with Gasteiger partial charge < -0.3 is 20.2 Å². The van der Waals surface area contributed by atoms with E-state index in [4.69, 9.17) is 11.6 Å². The van der Waals surface area contributed by atoms with Crippen LogP contribution in [0, 0.1) is 0 Å². The fourth-order valence-electron chi connectivity index (χ4n) is 3.98. The number of carbonyl (C=O) groups excluding carboxylic acids is 1. The molecule has 2 aliphatic rings. The van der Waals surface area contributed by atoms with Crippen molar-refractivity contribution in [3.05, 3.63) is 59.1 Å². The molecule has 2 aromatic rings. The van der Waals surface area contributed by atoms with Crippen LogP contribution in [0.3, 0.4) is 0 Å². The van der Waals surface area contributed by atoms with Gasteiger partial charge in [-0.2, -0.15) is 0 Å². The standard InChI is InChI=1S/C22H26ClN3O2/c23-17-3-1-16(2-4-17)22(28)25-12-9-19(10-13-25)24-18-5-7-20(8-6-18)26-14-11-21(27)15-26/h1-8,19,21,24,27H,9-15H2. The van der Waals surface area contributed by atoms with Gasteiger partial charge in [-0.05, 0) is 67.8 Å². The van der Waals surface area contributed by atoms with E-state index in [1.807, 2.05) is 4.90 Å². The van der Waals surface area contributed by atoms with Crippen LogP contribution in [0.2, 0.25) is 5.02 Å². The number of nitrogens with zero attached hydrogens (tertiary/aromatic N) is 2. The molecule has 2 aliphatic heterocycles. The van der Waals surface area contributed by atoms with E-state index in [0.29, 0.717) is 23.2 Å². The van der Waals surface area contributed by atoms with E-state index >= 15 is 0 Å². The van der Waals surface area contributed by atoms with Crippen molar-refractivity contribution in [2.45, 2.75) is 31.4 Å². The molecule has 148 valence electrons. The second kappa shape index (κ2) is 8.41. The summed E-state index contributed by atoms with van der Waals surface area (Å²) in [7, 11) is 0. The minimum absolute atomic E-state index is 0.0762. The van der Waals surface area contributed by atoms with Crippen LogP contribution in [0.1, 0.15) is 29.6 Å². The SMILES string of the molecule is O=C(c1ccc(Cl)cc1)N1CCC(Nc2ccc(N3CCC(O)C3)cc2)CC1. The van der Waals surface area contributed by atoms with Crippen molar-refractivity contribution in [3.8, 4) is 0 Å². The average molecular weight is 400 g/mol. The van der Waals surface area contributed by atoms with Crippen LogP contribution in [-0.4, -0.2) is 54.2 Å². The van der Waals surface area contributed by atoms with Crippen LogP contribution in [-0.2, 0) is 0 Å². The van der Waals surface area contributed by atoms with Crippen molar-refractivity contribution in [1.82, 2.24) is 4.90 Å². The fourth-order valence-corrected chi connectivity index (χ4v) is 4.11. The lowest BCUT2D eigenvalue weighted by atomic mass is 10.0. The second-order valence-corrected chi connectivity index (χ2v) is 8.09. The molecule has 0 spiro atoms. The van der Waals surface area contributed by atoms with Gasteiger partial charge in [-0.1, -0.05) is 11.6 Å². The largest absolute Gasteiger partial charge is 0.391 e. The lowest BCUT2D eigenvalue weighted by molar-refractivity contribution is 0.0718. The number of likely N-dealkylation sites (tertiary alicyclic amines) is 1. The quantitative estimate of drug-likeness (QED) is 0.824. The Labute approximate surface area is 170 Å². The zero-order chi connectivity index (χ0) is 19.5. The highest BCUT2D eigenvalue weighted by Gasteiger charge is 2.24. The van der Waals surface area contributed by atoms with E-state index in [1.165, 1.54) is 0 Å². The fraction of sp³-hybridized carbons (Fsp3) is 0.409. The van der Waals surface area contributed by atoms with Crippen LogP contribution < -0.4 is 10.2 Å². The number of β-amino-alcohol motifs (C(OH)–C–C–N with tert-alkyl or cyclic N) is 1. The number of nitrogens with one attached hydrogen (secondary N) is 1. The number of amides is 1. The summed E-state index contributed by atoms with van der Waals surface area (Å²) in [6.07, 6.45) is 2.49. The minimum Gasteiger partial charge on any atom is -0.391 e. The summed E-state index contributed by atoms with van der Waals surface area (Å²) in [4.78, 5) is 16.7. The number of aliphatic hydroxyl groups is 1. The Morgan fingerprint density at radius 1 is 0.964 bits per heavy atom. The average Bonchev–Trinajstić information content (AvgIpc) is 3.15. The number of hydrogen-bond donors (Lipinski definition) is 2. The van der Waals surface area contributed by atoms with Crippen LogP contribution in [0.25, 0.3) is 0 Å². The van der Waals surface area contributed by atoms with Crippen LogP contribution in [0.5, 0.6) is 0 Å². The van der Waals surface area contributed by atoms with Gasteiger partial charge in [0.2, 0.25) is 0 Å². The molecule has 1 atom stereocenters. The Bertz CT molecular complexity index is 802. The molecule has 4 rings (SSSR count). The summed E-state index contributed by atoms with van der Waals surface area (Å²) >= 11 is 5.90. The topological polar surface area (TPSA) is 55.8 Å². The van der Waals surface area contributed by atoms with E-state index in [1.54, 1.807) is 24.3 Å². The highest BCUT2D eigenvalue weighted by Crippen LogP contribution is 2.24. The molecule has 0 aliphatic carbocycles. The van der Waals surface area contributed by atoms with Crippen LogP contribution in [0.4, 0.5) is 11.4 Å². The number of benzene rings is 2. The first-order valence-corrected chi connectivity index (χ1v) is 10.3. The maximum absolute atomic E-state index is 12.6. The highest BCUT2D eigenvalue weighted by atomic mass is 35.5. The molecular weight excluding hydrogens is 374 g/mol. The molecule has 2 fully saturated rings. The number of hydrogen-bond acceptors (Lipinski definition) is 4. The number of anilines is 2. The van der Waals surface area contributed by atoms with Gasteiger partial charge in [0.25, 0.3) is 5.91 Å². The van der Waals surface area contributed by atoms with Crippen LogP contribution in [0.15, 0.2) is 48.5 Å². The first-order chi connectivity index (χ1) is 13.6. The summed E-state index contributed by atoms with van der Waals surface area (Å²) in [5.74, 6) is 0.0762. The van der Waals surface area contributed by atoms with Crippen molar-refractivity contribution in [1.29, 1.82) is 0 Å². The molecule has 0 aromatic heterocycles. The Hall–Kier alpha value is -2.24. The highest BCUT2D eigenvalue weighted by molar-refractivity contribution is 6.30. The summed E-state index contributed by atoms with van der Waals surface area (Å²) in [5.41, 5.74) is 2.95. The van der Waals surface area contributed by atoms with Gasteiger partial charge in [0.05, 0.1) is 6.10 Å². The van der Waals surface area contributed by atoms with E-state index in [9.17, 15) is 9.90 Å². The molecule has 2 saturated heterocycles. The molecule has 28 heavy (non-hydrogen) atoms. The summed E-state index contributed by atoms with van der Waals surface area (Å²) in [6.45, 7) is 3.13. The number of rotatable bonds is 4. The summed E-state index contributed by atoms with van der Waals surface area (Å²) < 4.78 is 0. The molecule has 2 heterocycles. The van der Waals surface area contributed by atoms with Gasteiger partial charge in [0.1, 0.15) is 0 Å². The van der Waals surface area contributed by atoms with Crippen molar-refractivity contribution < 1.29 is 9.90 Å². The van der Waals surface area contributed by atoms with E-state index < -0.39 is 0 Å². The molecule has 0 saturated carbocycles. The maximum Gasteiger partial charge on any atom is 0.253 e. The maximum atomic E-state index is 12.6. The summed E-state index contributed by atoms with van der Waals surface area (Å²) in [6, 6.07) is 15.9. The van der Waals surface area contributed by atoms with Gasteiger partial charge in [0.15, 0.2) is 0 Å². The molecule has 0 bridgehead atoms. The van der Waals surface area contributed by atoms with Gasteiger partial charge in [-0.3, -0.25) is 4.79 Å². The first-order valence-electron chi connectivity index (χ1n) is 9.93. The number of halogens is 1. The monoisotopic (exact) mass is 399 g/mol. The van der Waals surface area contributed by atoms with Gasteiger partial charge in [0, 0.05) is 54.2 Å². The first kappa shape index (κ1) is 19.1. The van der Waals surface area contributed by atoms with Crippen molar-refractivity contribution in [3.63, 3.8) is 0 Å². The van der Waals surface area contributed by atoms with Crippen molar-refractivity contribution >= 4 is 28.9 Å². The van der Waals surface area contributed by atoms with Crippen LogP contribution >= 0.6 is 11.6 Å². The lowest BCUT2D eigenvalue weighted by Gasteiger charge is -2.33. The Morgan fingerprint density at radius 3 is 2.25 bits per heavy atom. The van der Waals surface area contributed by atoms with Gasteiger partial charge in [-0.25, -0.2) is 0 Å². The number of aliphatic hydroxyl groups excluding tert-OH is 1. The Morgan fingerprint density at radius 2 is 1.64 bits per heavy atom. The third-order valence-corrected chi connectivity index (χ3v) is 5.89. The molecule has 1 amide bonds. The Balaban J connectivity index is 1.28. The summed E-state index contributed by atoms with van der Waals surface area (Å²) in [5, 5.41) is 13.9. The van der Waals surface area contributed by atoms with Gasteiger partial charge in [-0.15, -0.1) is 0 Å². The smallest absolute Gasteiger partial charge is 0.253 e. The normalized spacial score (nSPS) is 20.4. The molecule has 2 N–H and O–H groups in total. The Kier molecular flexibility index (Phi) is 5.74. The molecule has 2 aromatic carbocycles. The molecule has 1 unspecified atom stereocenters. The van der Waals surface area contributed by atoms with E-state index in [0.717, 1.165) is 50.3 Å². The van der Waals surface area contributed by atoms with Crippen molar-refractivity contribution in [2.24, 2.45) is 0 Å². The lowest BCUT2D eigenvalue weighted by Crippen LogP contribution is -2.42. The third kappa shape index (κ3) is 4.42. The second-order valence-electron chi connectivity index (χ2n) is 7.65. The molecular formula is C22H26ClN3O2. The van der Waals surface area contributed by atoms with E-state index in [2.05, 4.69) is 34.5 Å². The molecule has 0 radical (unpaired) electrons. The van der Waals surface area contributed by atoms with E-state index in [-0.39, 0.29) is 12.0 Å². The third-order valence-electron chi connectivity index (χ3n) is 5.64. The zero-order valence-electron chi connectivity index (χ0n) is 15.9. The molecule has 5 nitrogen and oxygen atoms in total. The number of piperidine rings is 1. The predicted octanol–water partition coefficient (Wildman–Crippen LogP) is 3.63. The van der Waals surface area contributed by atoms with Gasteiger partial charge >= 0.3 is 0 Å². The molecule has 6 heteroatoms. The predicted molar refractivity (Wildman–Crippen MR) is 113 cm³/mol. The van der Waals surface area contributed by atoms with Crippen molar-refractivity contribution in [2.75, 3.05) is 36.4 Å². The zero-order valence-corrected chi connectivity index (χ0v) is 16.6. The number of carbonyl (C=O) groups is 1.